The molecule has 3 heterocycles. The van der Waals surface area contributed by atoms with Crippen LogP contribution in [-0.4, -0.2) is 48.1 Å². The van der Waals surface area contributed by atoms with Gasteiger partial charge < -0.3 is 10.1 Å². The van der Waals surface area contributed by atoms with Crippen LogP contribution in [0.5, 0.6) is 5.75 Å². The molecule has 3 N–H and O–H groups in total. The van der Waals surface area contributed by atoms with Gasteiger partial charge in [0.25, 0.3) is 0 Å². The quantitative estimate of drug-likeness (QED) is 0.606. The summed E-state index contributed by atoms with van der Waals surface area (Å²) >= 11 is 0. The van der Waals surface area contributed by atoms with Crippen LogP contribution in [0.2, 0.25) is 0 Å². The van der Waals surface area contributed by atoms with E-state index in [2.05, 4.69) is 26.1 Å². The van der Waals surface area contributed by atoms with Crippen molar-refractivity contribution in [2.45, 2.75) is 56.8 Å². The molecule has 0 spiro atoms. The van der Waals surface area contributed by atoms with Crippen molar-refractivity contribution in [2.75, 3.05) is 20.2 Å². The Labute approximate surface area is 200 Å². The number of carbonyl (C=O) groups excluding carboxylic acids is 1. The third-order valence-electron chi connectivity index (χ3n) is 7.72. The minimum atomic E-state index is -0.246. The number of rotatable bonds is 6. The maximum Gasteiger partial charge on any atom is 0.223 e. The molecule has 0 radical (unpaired) electrons. The zero-order chi connectivity index (χ0) is 23.5. The fourth-order valence-electron chi connectivity index (χ4n) is 5.94. The molecule has 2 saturated heterocycles. The third-order valence-corrected chi connectivity index (χ3v) is 7.72. The average molecular weight is 468 g/mol. The van der Waals surface area contributed by atoms with Crippen LogP contribution < -0.4 is 20.9 Å². The number of benzene rings is 1. The smallest absolute Gasteiger partial charge is 0.223 e. The average Bonchev–Trinajstić information content (AvgIpc) is 3.29. The first-order chi connectivity index (χ1) is 16.6. The Kier molecular flexibility index (Phi) is 7.08. The van der Waals surface area contributed by atoms with Crippen molar-refractivity contribution < 1.29 is 13.9 Å². The van der Waals surface area contributed by atoms with Gasteiger partial charge in [0, 0.05) is 49.0 Å². The molecule has 3 aliphatic rings. The van der Waals surface area contributed by atoms with Crippen molar-refractivity contribution in [1.29, 1.82) is 0 Å². The zero-order valence-corrected chi connectivity index (χ0v) is 19.7. The molecule has 2 aromatic rings. The third kappa shape index (κ3) is 4.94. The number of methoxy groups -OCH3 is 1. The summed E-state index contributed by atoms with van der Waals surface area (Å²) in [5.41, 5.74) is 8.68. The van der Waals surface area contributed by atoms with Gasteiger partial charge in [-0.15, -0.1) is 0 Å². The van der Waals surface area contributed by atoms with E-state index >= 15 is 0 Å². The number of hydrazine groups is 1. The van der Waals surface area contributed by atoms with Crippen LogP contribution in [0, 0.1) is 17.7 Å². The molecule has 1 aromatic heterocycles. The molecule has 0 bridgehead atoms. The highest BCUT2D eigenvalue weighted by Gasteiger charge is 2.43. The summed E-state index contributed by atoms with van der Waals surface area (Å²) < 4.78 is 19.8. The molecule has 8 heteroatoms. The van der Waals surface area contributed by atoms with Gasteiger partial charge in [0.15, 0.2) is 0 Å². The lowest BCUT2D eigenvalue weighted by atomic mass is 9.74. The molecule has 5 rings (SSSR count). The minimum absolute atomic E-state index is 0.0225. The van der Waals surface area contributed by atoms with E-state index in [4.69, 9.17) is 4.74 Å². The number of piperidine rings is 1. The second-order valence-electron chi connectivity index (χ2n) is 9.83. The number of pyridine rings is 1. The predicted octanol–water partition coefficient (Wildman–Crippen LogP) is 2.94. The summed E-state index contributed by atoms with van der Waals surface area (Å²) in [7, 11) is 1.57. The Hall–Kier alpha value is -2.55. The first-order valence-corrected chi connectivity index (χ1v) is 12.4. The van der Waals surface area contributed by atoms with Crippen LogP contribution >= 0.6 is 0 Å². The molecule has 3 fully saturated rings. The summed E-state index contributed by atoms with van der Waals surface area (Å²) in [6.07, 6.45) is 8.33. The van der Waals surface area contributed by atoms with Crippen molar-refractivity contribution in [1.82, 2.24) is 26.1 Å². The Morgan fingerprint density at radius 3 is 2.88 bits per heavy atom. The predicted molar refractivity (Wildman–Crippen MR) is 127 cm³/mol. The lowest BCUT2D eigenvalue weighted by molar-refractivity contribution is -0.127. The normalized spacial score (nSPS) is 29.4. The number of ether oxygens (including phenoxy) is 1. The van der Waals surface area contributed by atoms with Gasteiger partial charge in [-0.25, -0.2) is 9.82 Å². The zero-order valence-electron chi connectivity index (χ0n) is 19.7. The van der Waals surface area contributed by atoms with Gasteiger partial charge in [-0.3, -0.25) is 20.1 Å². The Morgan fingerprint density at radius 2 is 2.06 bits per heavy atom. The molecule has 4 unspecified atom stereocenters. The van der Waals surface area contributed by atoms with E-state index in [1.807, 2.05) is 24.5 Å². The molecule has 5 atom stereocenters. The van der Waals surface area contributed by atoms with Crippen molar-refractivity contribution in [3.8, 4) is 5.75 Å². The molecule has 2 aliphatic heterocycles. The van der Waals surface area contributed by atoms with Crippen LogP contribution in [-0.2, 0) is 11.3 Å². The van der Waals surface area contributed by atoms with E-state index in [1.54, 1.807) is 19.2 Å². The number of halogens is 1. The highest BCUT2D eigenvalue weighted by atomic mass is 19.1. The molecular weight excluding hydrogens is 433 g/mol. The Morgan fingerprint density at radius 1 is 1.21 bits per heavy atom. The molecule has 182 valence electrons. The summed E-state index contributed by atoms with van der Waals surface area (Å²) in [5.74, 6) is 0.891. The number of aromatic nitrogens is 1. The van der Waals surface area contributed by atoms with Gasteiger partial charge in [-0.05, 0) is 74.4 Å². The fourth-order valence-corrected chi connectivity index (χ4v) is 5.94. The summed E-state index contributed by atoms with van der Waals surface area (Å²) in [6.45, 7) is 2.10. The minimum Gasteiger partial charge on any atom is -0.496 e. The maximum absolute atomic E-state index is 14.4. The van der Waals surface area contributed by atoms with Gasteiger partial charge in [-0.1, -0.05) is 6.07 Å². The maximum atomic E-state index is 14.4. The number of amides is 1. The number of likely N-dealkylation sites (tertiary alicyclic amines) is 1. The van der Waals surface area contributed by atoms with E-state index in [-0.39, 0.29) is 29.7 Å². The van der Waals surface area contributed by atoms with Crippen molar-refractivity contribution in [3.63, 3.8) is 0 Å². The van der Waals surface area contributed by atoms with Crippen molar-refractivity contribution in [3.05, 3.63) is 59.7 Å². The van der Waals surface area contributed by atoms with Crippen LogP contribution in [0.15, 0.2) is 42.7 Å². The van der Waals surface area contributed by atoms with Gasteiger partial charge in [0.05, 0.1) is 13.2 Å². The second-order valence-corrected chi connectivity index (χ2v) is 9.83. The lowest BCUT2D eigenvalue weighted by Crippen LogP contribution is -2.50. The standard InChI is InChI=1S/C26H34FN5O2/c1-34-24-6-2-5-22(27)21(24)16-32-13-3-4-19(15-32)29-26(33)18-7-8-23-20(14-18)25(31-30-23)17-9-11-28-12-10-17/h2,5-6,9-12,18-20,23,25,30-31H,3-4,7-8,13-16H2,1H3,(H,29,33)/t18?,19-,20?,23?,25?/m1/s1. The van der Waals surface area contributed by atoms with E-state index < -0.39 is 0 Å². The summed E-state index contributed by atoms with van der Waals surface area (Å²) in [4.78, 5) is 19.6. The van der Waals surface area contributed by atoms with Crippen LogP contribution in [0.25, 0.3) is 0 Å². The fraction of sp³-hybridized carbons (Fsp3) is 0.538. The summed E-state index contributed by atoms with van der Waals surface area (Å²) in [5, 5.41) is 3.33. The van der Waals surface area contributed by atoms with Gasteiger partial charge in [-0.2, -0.15) is 0 Å². The number of fused-ring (bicyclic) bond motifs is 1. The van der Waals surface area contributed by atoms with E-state index in [9.17, 15) is 9.18 Å². The van der Waals surface area contributed by atoms with Crippen molar-refractivity contribution in [2.24, 2.45) is 11.8 Å². The Balaban J connectivity index is 1.18. The molecule has 1 saturated carbocycles. The number of carbonyl (C=O) groups is 1. The molecule has 34 heavy (non-hydrogen) atoms. The van der Waals surface area contributed by atoms with Crippen LogP contribution in [0.3, 0.4) is 0 Å². The highest BCUT2D eigenvalue weighted by Crippen LogP contribution is 2.40. The molecule has 1 amide bonds. The molecule has 1 aliphatic carbocycles. The SMILES string of the molecule is COc1cccc(F)c1CN1CCC[C@@H](NC(=O)C2CCC3NNC(c4ccncc4)C3C2)C1. The number of nitrogens with zero attached hydrogens (tertiary/aromatic N) is 2. The largest absolute Gasteiger partial charge is 0.496 e. The molecular formula is C26H34FN5O2. The van der Waals surface area contributed by atoms with Gasteiger partial charge >= 0.3 is 0 Å². The topological polar surface area (TPSA) is 78.5 Å². The van der Waals surface area contributed by atoms with Crippen LogP contribution in [0.4, 0.5) is 4.39 Å². The highest BCUT2D eigenvalue weighted by molar-refractivity contribution is 5.79. The number of hydrogen-bond acceptors (Lipinski definition) is 6. The van der Waals surface area contributed by atoms with E-state index in [0.29, 0.717) is 29.8 Å². The van der Waals surface area contributed by atoms with Crippen molar-refractivity contribution >= 4 is 5.91 Å². The first-order valence-electron chi connectivity index (χ1n) is 12.4. The van der Waals surface area contributed by atoms with Gasteiger partial charge in [0.2, 0.25) is 5.91 Å². The number of nitrogens with one attached hydrogen (secondary N) is 3. The lowest BCUT2D eigenvalue weighted by Gasteiger charge is -2.36. The second kappa shape index (κ2) is 10.4. The summed E-state index contributed by atoms with van der Waals surface area (Å²) in [6, 6.07) is 9.72. The van der Waals surface area contributed by atoms with E-state index in [0.717, 1.165) is 45.2 Å². The number of hydrogen-bond donors (Lipinski definition) is 3. The Bertz CT molecular complexity index is 990. The monoisotopic (exact) mass is 467 g/mol. The molecule has 7 nitrogen and oxygen atoms in total. The van der Waals surface area contributed by atoms with Crippen LogP contribution in [0.1, 0.15) is 49.3 Å². The molecule has 1 aromatic carbocycles. The van der Waals surface area contributed by atoms with E-state index in [1.165, 1.54) is 11.6 Å². The van der Waals surface area contributed by atoms with Gasteiger partial charge in [0.1, 0.15) is 11.6 Å². The first kappa shape index (κ1) is 23.2.